The third-order valence-corrected chi connectivity index (χ3v) is 3.32. The van der Waals surface area contributed by atoms with E-state index in [9.17, 15) is 0 Å². The third kappa shape index (κ3) is 1.34. The van der Waals surface area contributed by atoms with Crippen LogP contribution in [0, 0.1) is 18.3 Å². The first-order valence-electron chi connectivity index (χ1n) is 5.72. The molecule has 0 atom stereocenters. The molecule has 0 aliphatic heterocycles. The van der Waals surface area contributed by atoms with Gasteiger partial charge in [-0.2, -0.15) is 5.26 Å². The predicted octanol–water partition coefficient (Wildman–Crippen LogP) is 2.75. The van der Waals surface area contributed by atoms with E-state index >= 15 is 0 Å². The summed E-state index contributed by atoms with van der Waals surface area (Å²) in [4.78, 5) is 7.63. The second-order valence-corrected chi connectivity index (χ2v) is 4.29. The number of nitrogens with one attached hydrogen (secondary N) is 1. The first-order valence-corrected chi connectivity index (χ1v) is 5.72. The minimum atomic E-state index is 0.484. The van der Waals surface area contributed by atoms with Gasteiger partial charge in [0.25, 0.3) is 0 Å². The molecule has 0 radical (unpaired) electrons. The predicted molar refractivity (Wildman–Crippen MR) is 70.0 cm³/mol. The van der Waals surface area contributed by atoms with E-state index in [-0.39, 0.29) is 0 Å². The molecule has 0 unspecified atom stereocenters. The Labute approximate surface area is 105 Å². The summed E-state index contributed by atoms with van der Waals surface area (Å²) in [5.41, 5.74) is 3.47. The first-order chi connectivity index (χ1) is 8.72. The van der Waals surface area contributed by atoms with Gasteiger partial charge in [-0.25, -0.2) is 4.98 Å². The second kappa shape index (κ2) is 3.74. The molecule has 3 rings (SSSR count). The van der Waals surface area contributed by atoms with Crippen LogP contribution >= 0.6 is 0 Å². The Morgan fingerprint density at radius 3 is 2.83 bits per heavy atom. The molecule has 0 aliphatic rings. The Balaban J connectivity index is 2.30. The van der Waals surface area contributed by atoms with E-state index in [2.05, 4.69) is 22.1 Å². The van der Waals surface area contributed by atoms with E-state index in [1.807, 2.05) is 42.9 Å². The number of rotatable bonds is 1. The number of hydrogen-bond acceptors (Lipinski definition) is 2. The fourth-order valence-corrected chi connectivity index (χ4v) is 2.18. The van der Waals surface area contributed by atoms with Crippen LogP contribution in [0.15, 0.2) is 30.5 Å². The summed E-state index contributed by atoms with van der Waals surface area (Å²) in [6.07, 6.45) is 1.94. The van der Waals surface area contributed by atoms with Crippen molar-refractivity contribution in [3.63, 3.8) is 0 Å². The van der Waals surface area contributed by atoms with Crippen LogP contribution in [0.2, 0.25) is 0 Å². The average Bonchev–Trinajstić information content (AvgIpc) is 2.93. The lowest BCUT2D eigenvalue weighted by Crippen LogP contribution is -1.94. The Hall–Kier alpha value is -2.54. The van der Waals surface area contributed by atoms with Crippen molar-refractivity contribution in [1.29, 1.82) is 5.26 Å². The Morgan fingerprint density at radius 1 is 1.33 bits per heavy atom. The molecule has 2 heterocycles. The molecule has 0 saturated carbocycles. The number of hydrogen-bond donors (Lipinski definition) is 1. The summed E-state index contributed by atoms with van der Waals surface area (Å²) in [7, 11) is 1.93. The molecule has 1 N–H and O–H groups in total. The van der Waals surface area contributed by atoms with Gasteiger partial charge in [-0.15, -0.1) is 0 Å². The van der Waals surface area contributed by atoms with Crippen molar-refractivity contribution in [2.45, 2.75) is 6.92 Å². The molecule has 0 fully saturated rings. The zero-order valence-electron chi connectivity index (χ0n) is 10.2. The number of benzene rings is 1. The van der Waals surface area contributed by atoms with Gasteiger partial charge in [0, 0.05) is 29.7 Å². The van der Waals surface area contributed by atoms with Gasteiger partial charge in [-0.3, -0.25) is 0 Å². The van der Waals surface area contributed by atoms with E-state index in [0.717, 1.165) is 28.0 Å². The standard InChI is InChI=1S/C14H12N4/c1-9-13(7-15)17-14(18(9)2)11-8-16-12-6-4-3-5-10(11)12/h3-6,8,16H,1-2H3. The van der Waals surface area contributed by atoms with Gasteiger partial charge in [-0.05, 0) is 13.0 Å². The van der Waals surface area contributed by atoms with Crippen LogP contribution in [0.3, 0.4) is 0 Å². The topological polar surface area (TPSA) is 57.4 Å². The molecule has 0 amide bonds. The van der Waals surface area contributed by atoms with E-state index in [4.69, 9.17) is 5.26 Å². The van der Waals surface area contributed by atoms with Crippen LogP contribution in [-0.4, -0.2) is 14.5 Å². The van der Waals surface area contributed by atoms with E-state index < -0.39 is 0 Å². The van der Waals surface area contributed by atoms with E-state index in [0.29, 0.717) is 5.69 Å². The van der Waals surface area contributed by atoms with Gasteiger partial charge < -0.3 is 9.55 Å². The molecule has 4 heteroatoms. The van der Waals surface area contributed by atoms with Gasteiger partial charge in [0.2, 0.25) is 0 Å². The number of para-hydroxylation sites is 1. The molecule has 18 heavy (non-hydrogen) atoms. The molecule has 4 nitrogen and oxygen atoms in total. The Morgan fingerprint density at radius 2 is 2.11 bits per heavy atom. The van der Waals surface area contributed by atoms with Gasteiger partial charge in [0.05, 0.1) is 5.69 Å². The fraction of sp³-hybridized carbons (Fsp3) is 0.143. The first kappa shape index (κ1) is 10.6. The molecular weight excluding hydrogens is 224 g/mol. The lowest BCUT2D eigenvalue weighted by Gasteiger charge is -2.01. The number of nitrogens with zero attached hydrogens (tertiary/aromatic N) is 3. The molecule has 0 spiro atoms. The van der Waals surface area contributed by atoms with Crippen molar-refractivity contribution >= 4 is 10.9 Å². The summed E-state index contributed by atoms with van der Waals surface area (Å²) >= 11 is 0. The van der Waals surface area contributed by atoms with E-state index in [1.54, 1.807) is 0 Å². The minimum Gasteiger partial charge on any atom is -0.360 e. The van der Waals surface area contributed by atoms with Crippen LogP contribution in [0.1, 0.15) is 11.4 Å². The normalized spacial score (nSPS) is 10.7. The third-order valence-electron chi connectivity index (χ3n) is 3.32. The number of H-pyrrole nitrogens is 1. The maximum atomic E-state index is 9.03. The summed E-state index contributed by atoms with van der Waals surface area (Å²) in [6, 6.07) is 10.2. The smallest absolute Gasteiger partial charge is 0.162 e. The molecule has 3 aromatic rings. The highest BCUT2D eigenvalue weighted by molar-refractivity contribution is 5.93. The van der Waals surface area contributed by atoms with Gasteiger partial charge >= 0.3 is 0 Å². The zero-order chi connectivity index (χ0) is 12.7. The molecule has 0 bridgehead atoms. The molecule has 88 valence electrons. The largest absolute Gasteiger partial charge is 0.360 e. The van der Waals surface area contributed by atoms with Crippen molar-refractivity contribution in [3.8, 4) is 17.5 Å². The SMILES string of the molecule is Cc1c(C#N)nc(-c2c[nH]c3ccccc23)n1C. The minimum absolute atomic E-state index is 0.484. The highest BCUT2D eigenvalue weighted by atomic mass is 15.1. The van der Waals surface area contributed by atoms with Gasteiger partial charge in [0.15, 0.2) is 5.69 Å². The summed E-state index contributed by atoms with van der Waals surface area (Å²) in [6.45, 7) is 1.91. The Kier molecular flexibility index (Phi) is 2.20. The van der Waals surface area contributed by atoms with Crippen molar-refractivity contribution in [3.05, 3.63) is 41.9 Å². The molecule has 0 saturated heterocycles. The number of fused-ring (bicyclic) bond motifs is 1. The number of aromatic amines is 1. The van der Waals surface area contributed by atoms with Crippen molar-refractivity contribution in [2.75, 3.05) is 0 Å². The molecule has 1 aromatic carbocycles. The summed E-state index contributed by atoms with van der Waals surface area (Å²) in [5, 5.41) is 10.2. The van der Waals surface area contributed by atoms with Crippen molar-refractivity contribution in [1.82, 2.24) is 14.5 Å². The highest BCUT2D eigenvalue weighted by Crippen LogP contribution is 2.28. The molecule has 0 aliphatic carbocycles. The monoisotopic (exact) mass is 236 g/mol. The van der Waals surface area contributed by atoms with Crippen molar-refractivity contribution in [2.24, 2.45) is 7.05 Å². The zero-order valence-corrected chi connectivity index (χ0v) is 10.2. The quantitative estimate of drug-likeness (QED) is 0.706. The lowest BCUT2D eigenvalue weighted by molar-refractivity contribution is 0.884. The lowest BCUT2D eigenvalue weighted by atomic mass is 10.1. The summed E-state index contributed by atoms with van der Waals surface area (Å²) in [5.74, 6) is 0.821. The fourth-order valence-electron chi connectivity index (χ4n) is 2.18. The maximum absolute atomic E-state index is 9.03. The Bertz CT molecular complexity index is 771. The summed E-state index contributed by atoms with van der Waals surface area (Å²) < 4.78 is 1.95. The average molecular weight is 236 g/mol. The van der Waals surface area contributed by atoms with E-state index in [1.165, 1.54) is 0 Å². The second-order valence-electron chi connectivity index (χ2n) is 4.29. The highest BCUT2D eigenvalue weighted by Gasteiger charge is 2.15. The van der Waals surface area contributed by atoms with Gasteiger partial charge in [0.1, 0.15) is 11.9 Å². The molecular formula is C14H12N4. The van der Waals surface area contributed by atoms with Crippen LogP contribution in [0.5, 0.6) is 0 Å². The van der Waals surface area contributed by atoms with Crippen molar-refractivity contribution < 1.29 is 0 Å². The van der Waals surface area contributed by atoms with Crippen LogP contribution in [0.25, 0.3) is 22.3 Å². The van der Waals surface area contributed by atoms with Crippen LogP contribution < -0.4 is 0 Å². The maximum Gasteiger partial charge on any atom is 0.162 e. The number of nitriles is 1. The molecule has 2 aromatic heterocycles. The van der Waals surface area contributed by atoms with Gasteiger partial charge in [-0.1, -0.05) is 18.2 Å². The number of aromatic nitrogens is 3. The van der Waals surface area contributed by atoms with Crippen LogP contribution in [-0.2, 0) is 7.05 Å². The van der Waals surface area contributed by atoms with Crippen LogP contribution in [0.4, 0.5) is 0 Å². The number of imidazole rings is 1.